The summed E-state index contributed by atoms with van der Waals surface area (Å²) in [5, 5.41) is 13.3. The van der Waals surface area contributed by atoms with E-state index in [1.54, 1.807) is 0 Å². The van der Waals surface area contributed by atoms with Crippen molar-refractivity contribution in [2.24, 2.45) is 0 Å². The Kier molecular flexibility index (Phi) is 4.71. The largest absolute Gasteiger partial charge is 0.475 e. The first-order valence-electron chi connectivity index (χ1n) is 6.48. The van der Waals surface area contributed by atoms with Gasteiger partial charge in [0.2, 0.25) is 5.88 Å². The molecule has 0 aliphatic heterocycles. The highest BCUT2D eigenvalue weighted by Crippen LogP contribution is 2.21. The predicted molar refractivity (Wildman–Crippen MR) is 75.1 cm³/mol. The third-order valence-electron chi connectivity index (χ3n) is 2.75. The van der Waals surface area contributed by atoms with E-state index in [1.807, 2.05) is 30.3 Å². The van der Waals surface area contributed by atoms with Gasteiger partial charge in [-0.25, -0.2) is 4.98 Å². The molecule has 0 spiro atoms. The number of nitrogens with zero attached hydrogens (tertiary/aromatic N) is 2. The Morgan fingerprint density at radius 1 is 1.32 bits per heavy atom. The fourth-order valence-corrected chi connectivity index (χ4v) is 1.81. The number of nitrogens with one attached hydrogen (secondary N) is 1. The van der Waals surface area contributed by atoms with Gasteiger partial charge in [-0.05, 0) is 25.1 Å². The zero-order valence-electron chi connectivity index (χ0n) is 11.0. The van der Waals surface area contributed by atoms with E-state index in [0.717, 1.165) is 30.4 Å². The highest BCUT2D eigenvalue weighted by Gasteiger charge is 2.07. The molecule has 4 nitrogen and oxygen atoms in total. The maximum atomic E-state index is 9.13. The van der Waals surface area contributed by atoms with Gasteiger partial charge in [0, 0.05) is 11.9 Å². The van der Waals surface area contributed by atoms with Crippen LogP contribution in [0.15, 0.2) is 30.3 Å². The van der Waals surface area contributed by atoms with E-state index in [2.05, 4.69) is 23.3 Å². The van der Waals surface area contributed by atoms with Crippen molar-refractivity contribution in [3.63, 3.8) is 0 Å². The summed E-state index contributed by atoms with van der Waals surface area (Å²) in [6, 6.07) is 11.7. The van der Waals surface area contributed by atoms with E-state index >= 15 is 0 Å². The summed E-state index contributed by atoms with van der Waals surface area (Å²) in [6.07, 6.45) is 1.09. The van der Waals surface area contributed by atoms with Crippen molar-refractivity contribution in [1.29, 1.82) is 5.26 Å². The van der Waals surface area contributed by atoms with Crippen molar-refractivity contribution >= 4 is 10.9 Å². The number of fused-ring (bicyclic) bond motifs is 1. The van der Waals surface area contributed by atoms with Crippen LogP contribution in [-0.4, -0.2) is 24.7 Å². The van der Waals surface area contributed by atoms with Gasteiger partial charge in [-0.2, -0.15) is 5.26 Å². The van der Waals surface area contributed by atoms with Crippen LogP contribution in [0.4, 0.5) is 0 Å². The number of benzene rings is 1. The smallest absolute Gasteiger partial charge is 0.232 e. The third-order valence-corrected chi connectivity index (χ3v) is 2.75. The maximum Gasteiger partial charge on any atom is 0.232 e. The van der Waals surface area contributed by atoms with Crippen molar-refractivity contribution < 1.29 is 4.74 Å². The number of nitriles is 1. The molecule has 0 aliphatic rings. The maximum absolute atomic E-state index is 9.13. The van der Waals surface area contributed by atoms with Gasteiger partial charge in [-0.3, -0.25) is 0 Å². The van der Waals surface area contributed by atoms with Crippen LogP contribution < -0.4 is 10.1 Å². The van der Waals surface area contributed by atoms with Gasteiger partial charge in [0.1, 0.15) is 18.2 Å². The van der Waals surface area contributed by atoms with E-state index in [0.29, 0.717) is 18.1 Å². The van der Waals surface area contributed by atoms with Gasteiger partial charge >= 0.3 is 0 Å². The van der Waals surface area contributed by atoms with Crippen molar-refractivity contribution in [2.45, 2.75) is 13.3 Å². The molecule has 0 saturated heterocycles. The quantitative estimate of drug-likeness (QED) is 0.806. The Morgan fingerprint density at radius 2 is 2.16 bits per heavy atom. The fourth-order valence-electron chi connectivity index (χ4n) is 1.81. The SMILES string of the molecule is CCCNCCOc1nc2ccccc2cc1C#N. The molecule has 0 radical (unpaired) electrons. The first-order valence-corrected chi connectivity index (χ1v) is 6.48. The summed E-state index contributed by atoms with van der Waals surface area (Å²) in [6.45, 7) is 4.36. The summed E-state index contributed by atoms with van der Waals surface area (Å²) in [5.74, 6) is 0.416. The Morgan fingerprint density at radius 3 is 2.95 bits per heavy atom. The van der Waals surface area contributed by atoms with Gasteiger partial charge in [0.25, 0.3) is 0 Å². The van der Waals surface area contributed by atoms with E-state index < -0.39 is 0 Å². The topological polar surface area (TPSA) is 57.9 Å². The van der Waals surface area contributed by atoms with Crippen molar-refractivity contribution in [3.8, 4) is 11.9 Å². The van der Waals surface area contributed by atoms with Crippen LogP contribution in [0.1, 0.15) is 18.9 Å². The summed E-state index contributed by atoms with van der Waals surface area (Å²) in [4.78, 5) is 4.39. The second-order valence-electron chi connectivity index (χ2n) is 4.24. The van der Waals surface area contributed by atoms with Crippen molar-refractivity contribution in [1.82, 2.24) is 10.3 Å². The van der Waals surface area contributed by atoms with Gasteiger partial charge in [-0.1, -0.05) is 25.1 Å². The Balaban J connectivity index is 2.10. The number of hydrogen-bond acceptors (Lipinski definition) is 4. The lowest BCUT2D eigenvalue weighted by molar-refractivity contribution is 0.303. The molecular formula is C15H17N3O. The Hall–Kier alpha value is -2.12. The second kappa shape index (κ2) is 6.72. The van der Waals surface area contributed by atoms with Crippen LogP contribution in [0.25, 0.3) is 10.9 Å². The molecule has 98 valence electrons. The summed E-state index contributed by atoms with van der Waals surface area (Å²) in [5.41, 5.74) is 1.33. The second-order valence-corrected chi connectivity index (χ2v) is 4.24. The molecule has 1 aromatic heterocycles. The fraction of sp³-hybridized carbons (Fsp3) is 0.333. The average Bonchev–Trinajstić information content (AvgIpc) is 2.46. The van der Waals surface area contributed by atoms with Crippen LogP contribution in [0.5, 0.6) is 5.88 Å². The lowest BCUT2D eigenvalue weighted by Crippen LogP contribution is -2.22. The molecule has 0 aliphatic carbocycles. The monoisotopic (exact) mass is 255 g/mol. The molecule has 0 saturated carbocycles. The number of aromatic nitrogens is 1. The van der Waals surface area contributed by atoms with E-state index in [-0.39, 0.29) is 0 Å². The molecule has 0 unspecified atom stereocenters. The molecule has 2 rings (SSSR count). The van der Waals surface area contributed by atoms with Crippen molar-refractivity contribution in [2.75, 3.05) is 19.7 Å². The molecule has 1 heterocycles. The zero-order valence-corrected chi connectivity index (χ0v) is 11.0. The van der Waals surface area contributed by atoms with Gasteiger partial charge < -0.3 is 10.1 Å². The van der Waals surface area contributed by atoms with Crippen LogP contribution in [-0.2, 0) is 0 Å². The van der Waals surface area contributed by atoms with E-state index in [9.17, 15) is 0 Å². The number of hydrogen-bond donors (Lipinski definition) is 1. The van der Waals surface area contributed by atoms with Gasteiger partial charge in [-0.15, -0.1) is 0 Å². The van der Waals surface area contributed by atoms with Crippen molar-refractivity contribution in [3.05, 3.63) is 35.9 Å². The van der Waals surface area contributed by atoms with E-state index in [4.69, 9.17) is 10.00 Å². The average molecular weight is 255 g/mol. The minimum absolute atomic E-state index is 0.416. The van der Waals surface area contributed by atoms with Crippen LogP contribution in [0.2, 0.25) is 0 Å². The summed E-state index contributed by atoms with van der Waals surface area (Å²) in [7, 11) is 0. The lowest BCUT2D eigenvalue weighted by Gasteiger charge is -2.08. The molecule has 0 amide bonds. The minimum Gasteiger partial charge on any atom is -0.475 e. The molecule has 0 bridgehead atoms. The minimum atomic E-state index is 0.416. The lowest BCUT2D eigenvalue weighted by atomic mass is 10.1. The molecule has 19 heavy (non-hydrogen) atoms. The number of ether oxygens (including phenoxy) is 1. The number of rotatable bonds is 6. The molecule has 0 fully saturated rings. The van der Waals surface area contributed by atoms with Crippen LogP contribution in [0.3, 0.4) is 0 Å². The third kappa shape index (κ3) is 3.43. The highest BCUT2D eigenvalue weighted by atomic mass is 16.5. The first-order chi connectivity index (χ1) is 9.35. The molecule has 2 aromatic rings. The normalized spacial score (nSPS) is 10.3. The highest BCUT2D eigenvalue weighted by molar-refractivity contribution is 5.80. The standard InChI is InChI=1S/C15H17N3O/c1-2-7-17-8-9-19-15-13(11-16)10-12-5-3-4-6-14(12)18-15/h3-6,10,17H,2,7-9H2,1H3. The zero-order chi connectivity index (χ0) is 13.5. The van der Waals surface area contributed by atoms with Crippen LogP contribution >= 0.6 is 0 Å². The molecular weight excluding hydrogens is 238 g/mol. The molecule has 0 atom stereocenters. The van der Waals surface area contributed by atoms with E-state index in [1.165, 1.54) is 0 Å². The number of pyridine rings is 1. The summed E-state index contributed by atoms with van der Waals surface area (Å²) < 4.78 is 5.59. The van der Waals surface area contributed by atoms with Gasteiger partial charge in [0.15, 0.2) is 0 Å². The molecule has 1 N–H and O–H groups in total. The Bertz CT molecular complexity index is 589. The Labute approximate surface area is 113 Å². The van der Waals surface area contributed by atoms with Crippen LogP contribution in [0, 0.1) is 11.3 Å². The summed E-state index contributed by atoms with van der Waals surface area (Å²) >= 11 is 0. The molecule has 4 heteroatoms. The predicted octanol–water partition coefficient (Wildman–Crippen LogP) is 2.48. The first kappa shape index (κ1) is 13.3. The molecule has 1 aromatic carbocycles. The number of para-hydroxylation sites is 1. The van der Waals surface area contributed by atoms with Gasteiger partial charge in [0.05, 0.1) is 5.52 Å².